The van der Waals surface area contributed by atoms with Gasteiger partial charge in [-0.3, -0.25) is 4.79 Å². The average Bonchev–Trinajstić information content (AvgIpc) is 2.49. The molecule has 1 aromatic rings. The van der Waals surface area contributed by atoms with Crippen LogP contribution in [-0.4, -0.2) is 46.3 Å². The van der Waals surface area contributed by atoms with Gasteiger partial charge in [-0.15, -0.1) is 0 Å². The number of nitrogens with zero attached hydrogens (tertiary/aromatic N) is 1. The number of carbonyl (C=O) groups excluding carboxylic acids is 1. The van der Waals surface area contributed by atoms with E-state index >= 15 is 0 Å². The van der Waals surface area contributed by atoms with E-state index in [0.29, 0.717) is 12.1 Å². The Kier molecular flexibility index (Phi) is 7.06. The monoisotopic (exact) mass is 398 g/mol. The second-order valence-corrected chi connectivity index (χ2v) is 6.02. The van der Waals surface area contributed by atoms with E-state index in [0.717, 1.165) is 4.90 Å². The van der Waals surface area contributed by atoms with Crippen LogP contribution in [0, 0.1) is 6.07 Å². The highest BCUT2D eigenvalue weighted by molar-refractivity contribution is 6.19. The van der Waals surface area contributed by atoms with Crippen LogP contribution in [0.15, 0.2) is 18.7 Å². The van der Waals surface area contributed by atoms with Gasteiger partial charge in [0, 0.05) is 18.7 Å². The zero-order valence-corrected chi connectivity index (χ0v) is 14.4. The molecule has 0 aliphatic heterocycles. The van der Waals surface area contributed by atoms with E-state index in [-0.39, 0.29) is 13.1 Å². The van der Waals surface area contributed by atoms with Crippen LogP contribution in [-0.2, 0) is 17.1 Å². The van der Waals surface area contributed by atoms with Crippen LogP contribution >= 0.6 is 0 Å². The SMILES string of the molecule is C=C(C(=O)N(CC(C)O)CC(C)O)c1cc[c]c(C(F)(F)F)c1C(F)(F)F. The Hall–Kier alpha value is -2.07. The second kappa shape index (κ2) is 8.30. The molecule has 0 bridgehead atoms. The van der Waals surface area contributed by atoms with E-state index in [9.17, 15) is 41.4 Å². The van der Waals surface area contributed by atoms with Gasteiger partial charge in [0.1, 0.15) is 0 Å². The van der Waals surface area contributed by atoms with Gasteiger partial charge in [0.2, 0.25) is 0 Å². The highest BCUT2D eigenvalue weighted by atomic mass is 19.4. The number of rotatable bonds is 6. The standard InChI is InChI=1S/C17H18F6NO3/c1-9(25)7-24(8-10(2)26)15(27)11(3)12-5-4-6-13(16(18,19)20)14(12)17(21,22)23/h4-5,9-10,25-26H,3,7-8H2,1-2H3. The molecule has 0 saturated heterocycles. The molecular weight excluding hydrogens is 380 g/mol. The molecule has 2 unspecified atom stereocenters. The first-order valence-corrected chi connectivity index (χ1v) is 7.70. The van der Waals surface area contributed by atoms with E-state index in [1.54, 1.807) is 0 Å². The predicted molar refractivity (Wildman–Crippen MR) is 84.3 cm³/mol. The average molecular weight is 398 g/mol. The molecule has 10 heteroatoms. The van der Waals surface area contributed by atoms with Crippen molar-refractivity contribution in [2.75, 3.05) is 13.1 Å². The van der Waals surface area contributed by atoms with Gasteiger partial charge in [-0.2, -0.15) is 26.3 Å². The Balaban J connectivity index is 3.47. The summed E-state index contributed by atoms with van der Waals surface area (Å²) >= 11 is 0. The molecule has 1 aromatic carbocycles. The van der Waals surface area contributed by atoms with Crippen LogP contribution in [0.3, 0.4) is 0 Å². The van der Waals surface area contributed by atoms with Crippen molar-refractivity contribution in [1.82, 2.24) is 4.90 Å². The van der Waals surface area contributed by atoms with Gasteiger partial charge in [0.15, 0.2) is 0 Å². The summed E-state index contributed by atoms with van der Waals surface area (Å²) in [4.78, 5) is 13.3. The molecule has 0 aliphatic carbocycles. The van der Waals surface area contributed by atoms with E-state index in [2.05, 4.69) is 6.58 Å². The molecule has 151 valence electrons. The number of alkyl halides is 6. The third-order valence-corrected chi connectivity index (χ3v) is 3.40. The number of hydrogen-bond donors (Lipinski definition) is 2. The summed E-state index contributed by atoms with van der Waals surface area (Å²) in [6.45, 7) is 5.11. The molecule has 4 nitrogen and oxygen atoms in total. The summed E-state index contributed by atoms with van der Waals surface area (Å²) in [7, 11) is 0. The molecule has 1 amide bonds. The van der Waals surface area contributed by atoms with Crippen LogP contribution in [0.25, 0.3) is 5.57 Å². The zero-order chi connectivity index (χ0) is 21.2. The summed E-state index contributed by atoms with van der Waals surface area (Å²) in [5.41, 5.74) is -6.01. The maximum atomic E-state index is 13.3. The summed E-state index contributed by atoms with van der Waals surface area (Å²) < 4.78 is 79.0. The Morgan fingerprint density at radius 2 is 1.59 bits per heavy atom. The molecule has 0 saturated carbocycles. The maximum Gasteiger partial charge on any atom is 0.417 e. The first kappa shape index (κ1) is 23.0. The van der Waals surface area contributed by atoms with Crippen LogP contribution in [0.4, 0.5) is 26.3 Å². The van der Waals surface area contributed by atoms with Crippen molar-refractivity contribution in [3.05, 3.63) is 41.5 Å². The number of hydrogen-bond acceptors (Lipinski definition) is 3. The Morgan fingerprint density at radius 1 is 1.11 bits per heavy atom. The lowest BCUT2D eigenvalue weighted by atomic mass is 9.94. The fourth-order valence-corrected chi connectivity index (χ4v) is 2.45. The highest BCUT2D eigenvalue weighted by Gasteiger charge is 2.45. The van der Waals surface area contributed by atoms with Crippen molar-refractivity contribution in [3.63, 3.8) is 0 Å². The quantitative estimate of drug-likeness (QED) is 0.572. The molecule has 0 spiro atoms. The number of carbonyl (C=O) groups is 1. The third kappa shape index (κ3) is 5.96. The lowest BCUT2D eigenvalue weighted by Gasteiger charge is -2.27. The van der Waals surface area contributed by atoms with E-state index < -0.39 is 52.7 Å². The normalized spacial score (nSPS) is 14.6. The van der Waals surface area contributed by atoms with Gasteiger partial charge >= 0.3 is 12.4 Å². The Morgan fingerprint density at radius 3 is 1.96 bits per heavy atom. The van der Waals surface area contributed by atoms with Crippen LogP contribution < -0.4 is 0 Å². The fraction of sp³-hybridized carbons (Fsp3) is 0.471. The maximum absolute atomic E-state index is 13.3. The van der Waals surface area contributed by atoms with Gasteiger partial charge in [-0.1, -0.05) is 18.7 Å². The molecular formula is C17H18F6NO3. The van der Waals surface area contributed by atoms with Crippen LogP contribution in [0.2, 0.25) is 0 Å². The zero-order valence-electron chi connectivity index (χ0n) is 14.4. The van der Waals surface area contributed by atoms with Gasteiger partial charge < -0.3 is 15.1 Å². The summed E-state index contributed by atoms with van der Waals surface area (Å²) in [6, 6.07) is 2.81. The van der Waals surface area contributed by atoms with E-state index in [4.69, 9.17) is 0 Å². The predicted octanol–water partition coefficient (Wildman–Crippen LogP) is 3.13. The molecule has 0 aromatic heterocycles. The number of halogens is 6. The topological polar surface area (TPSA) is 60.8 Å². The number of benzene rings is 1. The number of aliphatic hydroxyl groups is 2. The minimum absolute atomic E-state index is 0.352. The largest absolute Gasteiger partial charge is 0.417 e. The number of amides is 1. The van der Waals surface area contributed by atoms with Gasteiger partial charge in [-0.25, -0.2) is 0 Å². The minimum atomic E-state index is -5.42. The van der Waals surface area contributed by atoms with Gasteiger partial charge in [0.25, 0.3) is 5.91 Å². The minimum Gasteiger partial charge on any atom is -0.392 e. The van der Waals surface area contributed by atoms with E-state index in [1.807, 2.05) is 0 Å². The van der Waals surface area contributed by atoms with Crippen LogP contribution in [0.5, 0.6) is 0 Å². The molecule has 2 N–H and O–H groups in total. The first-order chi connectivity index (χ1) is 12.2. The molecule has 27 heavy (non-hydrogen) atoms. The summed E-state index contributed by atoms with van der Waals surface area (Å²) in [6.07, 6.45) is -12.9. The molecule has 0 heterocycles. The van der Waals surface area contributed by atoms with Crippen molar-refractivity contribution >= 4 is 11.5 Å². The van der Waals surface area contributed by atoms with Crippen molar-refractivity contribution in [1.29, 1.82) is 0 Å². The smallest absolute Gasteiger partial charge is 0.392 e. The molecule has 1 radical (unpaired) electrons. The van der Waals surface area contributed by atoms with Crippen molar-refractivity contribution in [2.45, 2.75) is 38.4 Å². The lowest BCUT2D eigenvalue weighted by Crippen LogP contribution is -2.41. The van der Waals surface area contributed by atoms with Crippen molar-refractivity contribution in [2.24, 2.45) is 0 Å². The Bertz CT molecular complexity index is 685. The molecule has 1 rings (SSSR count). The van der Waals surface area contributed by atoms with Gasteiger partial charge in [-0.05, 0) is 25.5 Å². The van der Waals surface area contributed by atoms with Crippen molar-refractivity contribution in [3.8, 4) is 0 Å². The Labute approximate surface area is 151 Å². The molecule has 2 atom stereocenters. The third-order valence-electron chi connectivity index (χ3n) is 3.40. The first-order valence-electron chi connectivity index (χ1n) is 7.70. The van der Waals surface area contributed by atoms with Crippen molar-refractivity contribution < 1.29 is 41.4 Å². The van der Waals surface area contributed by atoms with Crippen LogP contribution in [0.1, 0.15) is 30.5 Å². The van der Waals surface area contributed by atoms with E-state index in [1.165, 1.54) is 19.9 Å². The second-order valence-electron chi connectivity index (χ2n) is 6.02. The molecule has 0 fully saturated rings. The van der Waals surface area contributed by atoms with Gasteiger partial charge in [0.05, 0.1) is 23.3 Å². The fourth-order valence-electron chi connectivity index (χ4n) is 2.45. The lowest BCUT2D eigenvalue weighted by molar-refractivity contribution is -0.162. The summed E-state index contributed by atoms with van der Waals surface area (Å²) in [5, 5.41) is 18.9. The molecule has 0 aliphatic rings. The highest BCUT2D eigenvalue weighted by Crippen LogP contribution is 2.43. The summed E-state index contributed by atoms with van der Waals surface area (Å²) in [5.74, 6) is -1.14. The number of aliphatic hydroxyl groups excluding tert-OH is 2.